The molecule has 19 heavy (non-hydrogen) atoms. The van der Waals surface area contributed by atoms with Gasteiger partial charge < -0.3 is 10.5 Å². The fraction of sp³-hybridized carbons (Fsp3) is 0.647. The van der Waals surface area contributed by atoms with E-state index in [0.29, 0.717) is 0 Å². The molecule has 2 rings (SSSR count). The molecule has 0 spiro atoms. The molecule has 2 nitrogen and oxygen atoms in total. The van der Waals surface area contributed by atoms with E-state index in [1.807, 2.05) is 12.1 Å². The number of hydrogen-bond donors (Lipinski definition) is 1. The van der Waals surface area contributed by atoms with E-state index < -0.39 is 0 Å². The van der Waals surface area contributed by atoms with Gasteiger partial charge >= 0.3 is 0 Å². The maximum Gasteiger partial charge on any atom is 0.118 e. The van der Waals surface area contributed by atoms with Crippen molar-refractivity contribution in [3.05, 3.63) is 29.8 Å². The average molecular weight is 261 g/mol. The Bertz CT molecular complexity index is 398. The summed E-state index contributed by atoms with van der Waals surface area (Å²) in [6.07, 6.45) is 6.02. The molecule has 0 aromatic heterocycles. The monoisotopic (exact) mass is 261 g/mol. The van der Waals surface area contributed by atoms with Crippen molar-refractivity contribution in [1.29, 1.82) is 0 Å². The van der Waals surface area contributed by atoms with Crippen LogP contribution in [0.1, 0.15) is 51.5 Å². The Hall–Kier alpha value is -1.02. The molecule has 1 aromatic rings. The summed E-state index contributed by atoms with van der Waals surface area (Å²) in [7, 11) is 1.70. The quantitative estimate of drug-likeness (QED) is 0.832. The summed E-state index contributed by atoms with van der Waals surface area (Å²) >= 11 is 0. The minimum absolute atomic E-state index is 0.143. The lowest BCUT2D eigenvalue weighted by Gasteiger charge is -2.29. The van der Waals surface area contributed by atoms with Crippen LogP contribution in [0.4, 0.5) is 0 Å². The number of nitrogens with two attached hydrogens (primary N) is 1. The summed E-state index contributed by atoms with van der Waals surface area (Å²) < 4.78 is 5.22. The summed E-state index contributed by atoms with van der Waals surface area (Å²) in [6, 6.07) is 8.31. The van der Waals surface area contributed by atoms with Crippen molar-refractivity contribution in [2.75, 3.05) is 7.11 Å². The van der Waals surface area contributed by atoms with Gasteiger partial charge in [-0.2, -0.15) is 0 Å². The molecule has 0 amide bonds. The van der Waals surface area contributed by atoms with Crippen LogP contribution in [0.15, 0.2) is 24.3 Å². The minimum Gasteiger partial charge on any atom is -0.497 e. The van der Waals surface area contributed by atoms with Gasteiger partial charge in [0.15, 0.2) is 0 Å². The van der Waals surface area contributed by atoms with Crippen LogP contribution < -0.4 is 10.5 Å². The summed E-state index contributed by atoms with van der Waals surface area (Å²) in [4.78, 5) is 0. The van der Waals surface area contributed by atoms with Gasteiger partial charge in [-0.05, 0) is 48.8 Å². The van der Waals surface area contributed by atoms with Crippen molar-refractivity contribution >= 4 is 0 Å². The summed E-state index contributed by atoms with van der Waals surface area (Å²) in [5, 5.41) is 0. The Morgan fingerprint density at radius 1 is 1.16 bits per heavy atom. The van der Waals surface area contributed by atoms with Crippen molar-refractivity contribution in [1.82, 2.24) is 0 Å². The molecule has 1 aliphatic rings. The molecule has 1 fully saturated rings. The van der Waals surface area contributed by atoms with E-state index in [0.717, 1.165) is 30.4 Å². The molecule has 2 heteroatoms. The van der Waals surface area contributed by atoms with E-state index in [-0.39, 0.29) is 5.54 Å². The fourth-order valence-electron chi connectivity index (χ4n) is 3.27. The molecule has 1 aliphatic carbocycles. The molecule has 0 heterocycles. The van der Waals surface area contributed by atoms with Crippen LogP contribution in [0.3, 0.4) is 0 Å². The van der Waals surface area contributed by atoms with Crippen LogP contribution in [0.5, 0.6) is 5.75 Å². The second-order valence-electron chi connectivity index (χ2n) is 6.32. The van der Waals surface area contributed by atoms with Crippen molar-refractivity contribution in [3.8, 4) is 5.75 Å². The van der Waals surface area contributed by atoms with Gasteiger partial charge in [0.2, 0.25) is 0 Å². The normalized spacial score (nSPS) is 28.2. The van der Waals surface area contributed by atoms with Crippen molar-refractivity contribution in [2.45, 2.75) is 51.5 Å². The Balaban J connectivity index is 2.12. The van der Waals surface area contributed by atoms with E-state index in [4.69, 9.17) is 10.5 Å². The third-order valence-corrected chi connectivity index (χ3v) is 4.77. The summed E-state index contributed by atoms with van der Waals surface area (Å²) in [5.74, 6) is 2.52. The number of hydrogen-bond acceptors (Lipinski definition) is 2. The molecule has 1 aromatic carbocycles. The number of ether oxygens (including phenoxy) is 1. The maximum atomic E-state index is 6.69. The van der Waals surface area contributed by atoms with E-state index >= 15 is 0 Å². The predicted octanol–water partition coefficient (Wildman–Crippen LogP) is 4.09. The summed E-state index contributed by atoms with van der Waals surface area (Å²) in [6.45, 7) is 4.67. The van der Waals surface area contributed by atoms with E-state index in [1.54, 1.807) is 7.11 Å². The molecule has 0 bridgehead atoms. The highest BCUT2D eigenvalue weighted by Gasteiger charge is 2.31. The fourth-order valence-corrected chi connectivity index (χ4v) is 3.27. The molecular weight excluding hydrogens is 234 g/mol. The van der Waals surface area contributed by atoms with Gasteiger partial charge in [-0.25, -0.2) is 0 Å². The molecular formula is C17H27NO. The molecule has 2 N–H and O–H groups in total. The molecule has 0 aliphatic heterocycles. The first-order valence-electron chi connectivity index (χ1n) is 7.48. The van der Waals surface area contributed by atoms with Gasteiger partial charge in [0.05, 0.1) is 7.11 Å². The van der Waals surface area contributed by atoms with Gasteiger partial charge in [0.1, 0.15) is 5.75 Å². The van der Waals surface area contributed by atoms with Crippen molar-refractivity contribution in [2.24, 2.45) is 17.6 Å². The van der Waals surface area contributed by atoms with Crippen LogP contribution in [-0.4, -0.2) is 7.11 Å². The zero-order valence-electron chi connectivity index (χ0n) is 12.5. The SMILES string of the molecule is COc1ccc(C2(N)CCCC(C(C)C)CC2)cc1. The first kappa shape index (κ1) is 14.4. The third kappa shape index (κ3) is 3.30. The zero-order chi connectivity index (χ0) is 13.9. The topological polar surface area (TPSA) is 35.2 Å². The van der Waals surface area contributed by atoms with Gasteiger partial charge in [-0.1, -0.05) is 38.8 Å². The van der Waals surface area contributed by atoms with Gasteiger partial charge in [-0.15, -0.1) is 0 Å². The number of methoxy groups -OCH3 is 1. The lowest BCUT2D eigenvalue weighted by Crippen LogP contribution is -2.36. The zero-order valence-corrected chi connectivity index (χ0v) is 12.5. The highest BCUT2D eigenvalue weighted by atomic mass is 16.5. The lowest BCUT2D eigenvalue weighted by atomic mass is 9.82. The first-order valence-corrected chi connectivity index (χ1v) is 7.48. The molecule has 2 unspecified atom stereocenters. The number of rotatable bonds is 3. The average Bonchev–Trinajstić information content (AvgIpc) is 2.62. The molecule has 0 radical (unpaired) electrons. The summed E-state index contributed by atoms with van der Waals surface area (Å²) in [5.41, 5.74) is 7.81. The van der Waals surface area contributed by atoms with Gasteiger partial charge in [-0.3, -0.25) is 0 Å². The highest BCUT2D eigenvalue weighted by Crippen LogP contribution is 2.38. The van der Waals surface area contributed by atoms with E-state index in [9.17, 15) is 0 Å². The van der Waals surface area contributed by atoms with E-state index in [1.165, 1.54) is 24.8 Å². The first-order chi connectivity index (χ1) is 9.05. The Labute approximate surface area is 117 Å². The standard InChI is InChI=1S/C17H27NO/c1-13(2)14-5-4-11-17(18,12-10-14)15-6-8-16(19-3)9-7-15/h6-9,13-14H,4-5,10-12,18H2,1-3H3. The van der Waals surface area contributed by atoms with Crippen LogP contribution in [0.25, 0.3) is 0 Å². The van der Waals surface area contributed by atoms with Crippen LogP contribution >= 0.6 is 0 Å². The largest absolute Gasteiger partial charge is 0.497 e. The molecule has 2 atom stereocenters. The minimum atomic E-state index is -0.143. The van der Waals surface area contributed by atoms with Crippen molar-refractivity contribution < 1.29 is 4.74 Å². The van der Waals surface area contributed by atoms with Crippen LogP contribution in [-0.2, 0) is 5.54 Å². The molecule has 1 saturated carbocycles. The molecule has 106 valence electrons. The van der Waals surface area contributed by atoms with E-state index in [2.05, 4.69) is 26.0 Å². The Morgan fingerprint density at radius 2 is 1.84 bits per heavy atom. The van der Waals surface area contributed by atoms with Gasteiger partial charge in [0, 0.05) is 5.54 Å². The van der Waals surface area contributed by atoms with Crippen LogP contribution in [0, 0.1) is 11.8 Å². The van der Waals surface area contributed by atoms with Gasteiger partial charge in [0.25, 0.3) is 0 Å². The highest BCUT2D eigenvalue weighted by molar-refractivity contribution is 5.31. The third-order valence-electron chi connectivity index (χ3n) is 4.77. The number of benzene rings is 1. The Morgan fingerprint density at radius 3 is 2.42 bits per heavy atom. The Kier molecular flexibility index (Phi) is 4.51. The van der Waals surface area contributed by atoms with Crippen LogP contribution in [0.2, 0.25) is 0 Å². The maximum absolute atomic E-state index is 6.69. The lowest BCUT2D eigenvalue weighted by molar-refractivity contribution is 0.325. The second kappa shape index (κ2) is 5.96. The van der Waals surface area contributed by atoms with Crippen molar-refractivity contribution in [3.63, 3.8) is 0 Å². The predicted molar refractivity (Wildman–Crippen MR) is 80.3 cm³/mol. The molecule has 0 saturated heterocycles. The second-order valence-corrected chi connectivity index (χ2v) is 6.32. The smallest absolute Gasteiger partial charge is 0.118 e.